The lowest BCUT2D eigenvalue weighted by atomic mass is 10.3. The molecule has 2 aromatic heterocycles. The maximum absolute atomic E-state index is 11.7. The van der Waals surface area contributed by atoms with Gasteiger partial charge in [0.05, 0.1) is 12.2 Å². The maximum atomic E-state index is 11.7. The molecule has 2 heterocycles. The number of rotatable bonds is 3. The molecule has 0 unspecified atom stereocenters. The van der Waals surface area contributed by atoms with Gasteiger partial charge in [0.25, 0.3) is 5.56 Å². The number of hydrogen-bond donors (Lipinski definition) is 1. The summed E-state index contributed by atoms with van der Waals surface area (Å²) in [5, 5.41) is 9.02. The Kier molecular flexibility index (Phi) is 3.57. The largest absolute Gasteiger partial charge is 0.477 e. The van der Waals surface area contributed by atoms with E-state index >= 15 is 0 Å². The van der Waals surface area contributed by atoms with Gasteiger partial charge in [-0.25, -0.2) is 4.79 Å². The zero-order valence-electron chi connectivity index (χ0n) is 9.21. The summed E-state index contributed by atoms with van der Waals surface area (Å²) in [5.74, 6) is -1.13. The summed E-state index contributed by atoms with van der Waals surface area (Å²) in [7, 11) is 0. The summed E-state index contributed by atoms with van der Waals surface area (Å²) in [6.07, 6.45) is 1.60. The van der Waals surface area contributed by atoms with Crippen LogP contribution in [0.15, 0.2) is 45.8 Å². The zero-order valence-corrected chi connectivity index (χ0v) is 10.8. The first-order valence-corrected chi connectivity index (χ1v) is 5.91. The molecule has 0 amide bonds. The van der Waals surface area contributed by atoms with Gasteiger partial charge in [-0.2, -0.15) is 0 Å². The standard InChI is InChI=1S/C12H9BrN2O3/c13-8-4-5-9(14-6-8)7-15-10(12(17)18)2-1-3-11(15)16/h1-6H,7H2,(H,17,18). The molecular weight excluding hydrogens is 300 g/mol. The molecule has 0 spiro atoms. The molecule has 2 aromatic rings. The van der Waals surface area contributed by atoms with Gasteiger partial charge in [0.1, 0.15) is 5.69 Å². The third-order valence-corrected chi connectivity index (χ3v) is 2.85. The number of carboxylic acids is 1. The first-order chi connectivity index (χ1) is 8.58. The Morgan fingerprint density at radius 1 is 1.33 bits per heavy atom. The second-order valence-electron chi connectivity index (χ2n) is 3.61. The second-order valence-corrected chi connectivity index (χ2v) is 4.52. The molecule has 6 heteroatoms. The van der Waals surface area contributed by atoms with Crippen LogP contribution in [0.4, 0.5) is 0 Å². The summed E-state index contributed by atoms with van der Waals surface area (Å²) >= 11 is 3.26. The van der Waals surface area contributed by atoms with E-state index in [1.54, 1.807) is 18.3 Å². The van der Waals surface area contributed by atoms with Gasteiger partial charge in [0, 0.05) is 16.7 Å². The number of aromatic carboxylic acids is 1. The predicted molar refractivity (Wildman–Crippen MR) is 68.7 cm³/mol. The van der Waals surface area contributed by atoms with Crippen LogP contribution in [0.3, 0.4) is 0 Å². The topological polar surface area (TPSA) is 72.2 Å². The third-order valence-electron chi connectivity index (χ3n) is 2.38. The summed E-state index contributed by atoms with van der Waals surface area (Å²) in [6.45, 7) is 0.134. The molecule has 2 rings (SSSR count). The minimum Gasteiger partial charge on any atom is -0.477 e. The van der Waals surface area contributed by atoms with Crippen molar-refractivity contribution in [2.45, 2.75) is 6.54 Å². The molecule has 0 aromatic carbocycles. The molecule has 0 aliphatic carbocycles. The first kappa shape index (κ1) is 12.5. The number of carboxylic acid groups (broad SMARTS) is 1. The molecule has 0 saturated heterocycles. The fourth-order valence-corrected chi connectivity index (χ4v) is 1.77. The molecule has 0 saturated carbocycles. The molecule has 92 valence electrons. The summed E-state index contributed by atoms with van der Waals surface area (Å²) in [5.41, 5.74) is 0.209. The van der Waals surface area contributed by atoms with Crippen LogP contribution < -0.4 is 5.56 Å². The number of nitrogens with zero attached hydrogens (tertiary/aromatic N) is 2. The molecule has 5 nitrogen and oxygen atoms in total. The summed E-state index contributed by atoms with van der Waals surface area (Å²) in [4.78, 5) is 26.8. The van der Waals surface area contributed by atoms with Crippen LogP contribution in [-0.2, 0) is 6.54 Å². The van der Waals surface area contributed by atoms with Crippen molar-refractivity contribution in [1.82, 2.24) is 9.55 Å². The minimum atomic E-state index is -1.13. The van der Waals surface area contributed by atoms with E-state index in [-0.39, 0.29) is 17.8 Å². The van der Waals surface area contributed by atoms with Crippen LogP contribution in [0.5, 0.6) is 0 Å². The number of hydrogen-bond acceptors (Lipinski definition) is 3. The predicted octanol–water partition coefficient (Wildman–Crippen LogP) is 1.75. The highest BCUT2D eigenvalue weighted by molar-refractivity contribution is 9.10. The van der Waals surface area contributed by atoms with Crippen molar-refractivity contribution in [1.29, 1.82) is 0 Å². The molecule has 0 aliphatic heterocycles. The van der Waals surface area contributed by atoms with Crippen LogP contribution in [0, 0.1) is 0 Å². The van der Waals surface area contributed by atoms with E-state index in [1.165, 1.54) is 22.8 Å². The normalized spacial score (nSPS) is 10.3. The monoisotopic (exact) mass is 308 g/mol. The van der Waals surface area contributed by atoms with Gasteiger partial charge in [-0.1, -0.05) is 6.07 Å². The Labute approximate surface area is 111 Å². The van der Waals surface area contributed by atoms with E-state index in [2.05, 4.69) is 20.9 Å². The molecule has 1 N–H and O–H groups in total. The van der Waals surface area contributed by atoms with Crippen LogP contribution in [0.25, 0.3) is 0 Å². The van der Waals surface area contributed by atoms with Gasteiger partial charge in [-0.15, -0.1) is 0 Å². The molecule has 0 fully saturated rings. The molecule has 18 heavy (non-hydrogen) atoms. The number of aromatic nitrogens is 2. The number of carbonyl (C=O) groups is 1. The van der Waals surface area contributed by atoms with Gasteiger partial charge in [-0.3, -0.25) is 14.3 Å². The van der Waals surface area contributed by atoms with E-state index in [9.17, 15) is 9.59 Å². The van der Waals surface area contributed by atoms with Gasteiger partial charge in [0.2, 0.25) is 0 Å². The Bertz CT molecular complexity index is 635. The Morgan fingerprint density at radius 3 is 2.72 bits per heavy atom. The van der Waals surface area contributed by atoms with E-state index in [0.29, 0.717) is 5.69 Å². The lowest BCUT2D eigenvalue weighted by Crippen LogP contribution is -2.25. The quantitative estimate of drug-likeness (QED) is 0.937. The number of halogens is 1. The molecule has 0 aliphatic rings. The van der Waals surface area contributed by atoms with Gasteiger partial charge in [-0.05, 0) is 34.1 Å². The molecule has 0 radical (unpaired) electrons. The second kappa shape index (κ2) is 5.14. The highest BCUT2D eigenvalue weighted by atomic mass is 79.9. The summed E-state index contributed by atoms with van der Waals surface area (Å²) in [6, 6.07) is 7.66. The first-order valence-electron chi connectivity index (χ1n) is 5.11. The van der Waals surface area contributed by atoms with E-state index in [4.69, 9.17) is 5.11 Å². The van der Waals surface area contributed by atoms with E-state index in [1.807, 2.05) is 0 Å². The minimum absolute atomic E-state index is 0.0489. The van der Waals surface area contributed by atoms with Crippen LogP contribution >= 0.6 is 15.9 Å². The van der Waals surface area contributed by atoms with E-state index in [0.717, 1.165) is 4.47 Å². The maximum Gasteiger partial charge on any atom is 0.352 e. The Hall–Kier alpha value is -1.95. The van der Waals surface area contributed by atoms with Gasteiger partial charge >= 0.3 is 5.97 Å². The smallest absolute Gasteiger partial charge is 0.352 e. The van der Waals surface area contributed by atoms with Gasteiger partial charge in [0.15, 0.2) is 0 Å². The summed E-state index contributed by atoms with van der Waals surface area (Å²) < 4.78 is 2.00. The SMILES string of the molecule is O=C(O)c1cccc(=O)n1Cc1ccc(Br)cn1. The average Bonchev–Trinajstić information content (AvgIpc) is 2.34. The van der Waals surface area contributed by atoms with E-state index < -0.39 is 5.97 Å². The van der Waals surface area contributed by atoms with Crippen molar-refractivity contribution in [3.05, 3.63) is 62.7 Å². The lowest BCUT2D eigenvalue weighted by Gasteiger charge is -2.08. The number of pyridine rings is 2. The van der Waals surface area contributed by atoms with Crippen molar-refractivity contribution < 1.29 is 9.90 Å². The Balaban J connectivity index is 2.42. The Morgan fingerprint density at radius 2 is 2.11 bits per heavy atom. The van der Waals surface area contributed by atoms with Crippen LogP contribution in [0.2, 0.25) is 0 Å². The highest BCUT2D eigenvalue weighted by Crippen LogP contribution is 2.08. The highest BCUT2D eigenvalue weighted by Gasteiger charge is 2.11. The van der Waals surface area contributed by atoms with Crippen LogP contribution in [-0.4, -0.2) is 20.6 Å². The zero-order chi connectivity index (χ0) is 13.1. The van der Waals surface area contributed by atoms with Gasteiger partial charge < -0.3 is 5.11 Å². The van der Waals surface area contributed by atoms with Crippen molar-refractivity contribution in [3.8, 4) is 0 Å². The average molecular weight is 309 g/mol. The van der Waals surface area contributed by atoms with Crippen molar-refractivity contribution in [2.75, 3.05) is 0 Å². The third kappa shape index (κ3) is 2.65. The van der Waals surface area contributed by atoms with Crippen LogP contribution in [0.1, 0.15) is 16.2 Å². The van der Waals surface area contributed by atoms with Crippen molar-refractivity contribution >= 4 is 21.9 Å². The van der Waals surface area contributed by atoms with Crippen molar-refractivity contribution in [2.24, 2.45) is 0 Å². The fraction of sp³-hybridized carbons (Fsp3) is 0.0833. The fourth-order valence-electron chi connectivity index (χ4n) is 1.53. The molecule has 0 bridgehead atoms. The van der Waals surface area contributed by atoms with Crippen molar-refractivity contribution in [3.63, 3.8) is 0 Å². The lowest BCUT2D eigenvalue weighted by molar-refractivity contribution is 0.0684. The molecule has 0 atom stereocenters. The molecular formula is C12H9BrN2O3.